The molecule has 1 aliphatic heterocycles. The Balaban J connectivity index is 2.37. The SMILES string of the molecule is C/C=C/C(=O)N1CCC(CN)c2ccccc21. The predicted octanol–water partition coefficient (Wildman–Crippen LogP) is 2.04. The first kappa shape index (κ1) is 11.9. The Kier molecular flexibility index (Phi) is 3.59. The van der Waals surface area contributed by atoms with Crippen molar-refractivity contribution >= 4 is 11.6 Å². The third kappa shape index (κ3) is 2.24. The highest BCUT2D eigenvalue weighted by molar-refractivity contribution is 6.02. The molecule has 2 N–H and O–H groups in total. The summed E-state index contributed by atoms with van der Waals surface area (Å²) >= 11 is 0. The lowest BCUT2D eigenvalue weighted by molar-refractivity contribution is -0.114. The summed E-state index contributed by atoms with van der Waals surface area (Å²) < 4.78 is 0. The van der Waals surface area contributed by atoms with Gasteiger partial charge in [-0.05, 0) is 43.5 Å². The van der Waals surface area contributed by atoms with Crippen molar-refractivity contribution in [1.82, 2.24) is 0 Å². The zero-order valence-electron chi connectivity index (χ0n) is 10.1. The lowest BCUT2D eigenvalue weighted by Gasteiger charge is -2.33. The maximum atomic E-state index is 12.0. The topological polar surface area (TPSA) is 46.3 Å². The van der Waals surface area contributed by atoms with Crippen molar-refractivity contribution in [3.8, 4) is 0 Å². The third-order valence-corrected chi connectivity index (χ3v) is 3.23. The lowest BCUT2D eigenvalue weighted by Crippen LogP contribution is -2.37. The molecule has 1 atom stereocenters. The van der Waals surface area contributed by atoms with Gasteiger partial charge in [0, 0.05) is 12.2 Å². The number of fused-ring (bicyclic) bond motifs is 1. The van der Waals surface area contributed by atoms with Crippen molar-refractivity contribution in [2.75, 3.05) is 18.0 Å². The Morgan fingerprint density at radius 1 is 1.53 bits per heavy atom. The van der Waals surface area contributed by atoms with E-state index in [0.717, 1.165) is 18.7 Å². The van der Waals surface area contributed by atoms with E-state index < -0.39 is 0 Å². The molecule has 0 fully saturated rings. The molecule has 0 saturated heterocycles. The fraction of sp³-hybridized carbons (Fsp3) is 0.357. The largest absolute Gasteiger partial charge is 0.330 e. The molecule has 0 saturated carbocycles. The van der Waals surface area contributed by atoms with Gasteiger partial charge in [0.05, 0.1) is 0 Å². The smallest absolute Gasteiger partial charge is 0.250 e. The van der Waals surface area contributed by atoms with Crippen molar-refractivity contribution in [3.63, 3.8) is 0 Å². The number of benzene rings is 1. The van der Waals surface area contributed by atoms with E-state index in [4.69, 9.17) is 5.73 Å². The molecule has 0 spiro atoms. The van der Waals surface area contributed by atoms with Crippen LogP contribution < -0.4 is 10.6 Å². The highest BCUT2D eigenvalue weighted by atomic mass is 16.2. The number of allylic oxidation sites excluding steroid dienone is 1. The average Bonchev–Trinajstić information content (AvgIpc) is 2.37. The number of para-hydroxylation sites is 1. The number of carbonyl (C=O) groups excluding carboxylic acids is 1. The molecule has 2 rings (SSSR count). The Hall–Kier alpha value is -1.61. The summed E-state index contributed by atoms with van der Waals surface area (Å²) in [6.07, 6.45) is 4.33. The highest BCUT2D eigenvalue weighted by Gasteiger charge is 2.26. The molecule has 1 amide bonds. The van der Waals surface area contributed by atoms with Gasteiger partial charge in [-0.1, -0.05) is 24.3 Å². The van der Waals surface area contributed by atoms with E-state index in [1.54, 1.807) is 12.2 Å². The second kappa shape index (κ2) is 5.15. The number of carbonyl (C=O) groups is 1. The van der Waals surface area contributed by atoms with Crippen LogP contribution in [0.15, 0.2) is 36.4 Å². The standard InChI is InChI=1S/C14H18N2O/c1-2-5-14(17)16-9-8-11(10-15)12-6-3-4-7-13(12)16/h2-7,11H,8-10,15H2,1H3/b5-2+. The average molecular weight is 230 g/mol. The maximum absolute atomic E-state index is 12.0. The van der Waals surface area contributed by atoms with Crippen LogP contribution in [0.5, 0.6) is 0 Å². The monoisotopic (exact) mass is 230 g/mol. The van der Waals surface area contributed by atoms with Gasteiger partial charge in [-0.2, -0.15) is 0 Å². The number of hydrogen-bond donors (Lipinski definition) is 1. The van der Waals surface area contributed by atoms with Gasteiger partial charge in [0.1, 0.15) is 0 Å². The van der Waals surface area contributed by atoms with Gasteiger partial charge in [0.15, 0.2) is 0 Å². The molecule has 1 aliphatic rings. The van der Waals surface area contributed by atoms with Crippen LogP contribution >= 0.6 is 0 Å². The van der Waals surface area contributed by atoms with Crippen LogP contribution in [0.1, 0.15) is 24.8 Å². The van der Waals surface area contributed by atoms with Crippen molar-refractivity contribution in [2.45, 2.75) is 19.3 Å². The van der Waals surface area contributed by atoms with Crippen LogP contribution in [0.2, 0.25) is 0 Å². The number of nitrogens with two attached hydrogens (primary N) is 1. The van der Waals surface area contributed by atoms with Crippen LogP contribution in [-0.2, 0) is 4.79 Å². The van der Waals surface area contributed by atoms with E-state index in [0.29, 0.717) is 12.5 Å². The summed E-state index contributed by atoms with van der Waals surface area (Å²) in [5.74, 6) is 0.427. The molecule has 0 aliphatic carbocycles. The van der Waals surface area contributed by atoms with Crippen molar-refractivity contribution in [2.24, 2.45) is 5.73 Å². The number of nitrogens with zero attached hydrogens (tertiary/aromatic N) is 1. The Labute approximate surface area is 102 Å². The summed E-state index contributed by atoms with van der Waals surface area (Å²) in [6.45, 7) is 3.25. The predicted molar refractivity (Wildman–Crippen MR) is 70.0 cm³/mol. The number of anilines is 1. The Morgan fingerprint density at radius 3 is 3.00 bits per heavy atom. The molecule has 0 radical (unpaired) electrons. The number of rotatable bonds is 2. The molecule has 0 bridgehead atoms. The molecular weight excluding hydrogens is 212 g/mol. The minimum atomic E-state index is 0.0513. The van der Waals surface area contributed by atoms with E-state index in [1.807, 2.05) is 30.0 Å². The van der Waals surface area contributed by atoms with Crippen molar-refractivity contribution in [3.05, 3.63) is 42.0 Å². The third-order valence-electron chi connectivity index (χ3n) is 3.23. The van der Waals surface area contributed by atoms with Gasteiger partial charge in [-0.25, -0.2) is 0 Å². The Bertz CT molecular complexity index is 440. The molecule has 1 aromatic rings. The molecule has 0 aromatic heterocycles. The van der Waals surface area contributed by atoms with Crippen LogP contribution in [0.4, 0.5) is 5.69 Å². The molecular formula is C14H18N2O. The molecule has 17 heavy (non-hydrogen) atoms. The fourth-order valence-corrected chi connectivity index (χ4v) is 2.35. The van der Waals surface area contributed by atoms with Crippen molar-refractivity contribution < 1.29 is 4.79 Å². The van der Waals surface area contributed by atoms with Crippen LogP contribution in [-0.4, -0.2) is 19.0 Å². The van der Waals surface area contributed by atoms with E-state index in [2.05, 4.69) is 6.07 Å². The first-order valence-corrected chi connectivity index (χ1v) is 6.01. The van der Waals surface area contributed by atoms with Gasteiger partial charge in [-0.3, -0.25) is 4.79 Å². The van der Waals surface area contributed by atoms with Crippen molar-refractivity contribution in [1.29, 1.82) is 0 Å². The number of amides is 1. The van der Waals surface area contributed by atoms with E-state index in [-0.39, 0.29) is 5.91 Å². The minimum Gasteiger partial charge on any atom is -0.330 e. The van der Waals surface area contributed by atoms with Gasteiger partial charge in [0.2, 0.25) is 0 Å². The summed E-state index contributed by atoms with van der Waals surface area (Å²) in [4.78, 5) is 13.8. The van der Waals surface area contributed by atoms with Crippen LogP contribution in [0.3, 0.4) is 0 Å². The first-order chi connectivity index (χ1) is 8.27. The van der Waals surface area contributed by atoms with E-state index in [9.17, 15) is 4.79 Å². The zero-order valence-corrected chi connectivity index (χ0v) is 10.1. The normalized spacial score (nSPS) is 19.4. The second-order valence-corrected chi connectivity index (χ2v) is 4.27. The maximum Gasteiger partial charge on any atom is 0.250 e. The van der Waals surface area contributed by atoms with Gasteiger partial charge in [0.25, 0.3) is 5.91 Å². The lowest BCUT2D eigenvalue weighted by atomic mass is 9.90. The van der Waals surface area contributed by atoms with Gasteiger partial charge < -0.3 is 10.6 Å². The zero-order chi connectivity index (χ0) is 12.3. The van der Waals surface area contributed by atoms with Gasteiger partial charge in [-0.15, -0.1) is 0 Å². The minimum absolute atomic E-state index is 0.0513. The van der Waals surface area contributed by atoms with Crippen LogP contribution in [0.25, 0.3) is 0 Å². The number of hydrogen-bond acceptors (Lipinski definition) is 2. The molecule has 3 heteroatoms. The summed E-state index contributed by atoms with van der Waals surface area (Å²) in [5.41, 5.74) is 7.99. The Morgan fingerprint density at radius 2 is 2.29 bits per heavy atom. The molecule has 1 heterocycles. The summed E-state index contributed by atoms with van der Waals surface area (Å²) in [6, 6.07) is 8.04. The molecule has 90 valence electrons. The fourth-order valence-electron chi connectivity index (χ4n) is 2.35. The first-order valence-electron chi connectivity index (χ1n) is 6.01. The second-order valence-electron chi connectivity index (χ2n) is 4.27. The molecule has 3 nitrogen and oxygen atoms in total. The van der Waals surface area contributed by atoms with Gasteiger partial charge >= 0.3 is 0 Å². The van der Waals surface area contributed by atoms with Crippen LogP contribution in [0, 0.1) is 0 Å². The highest BCUT2D eigenvalue weighted by Crippen LogP contribution is 2.34. The quantitative estimate of drug-likeness (QED) is 0.790. The molecule has 1 aromatic carbocycles. The van der Waals surface area contributed by atoms with E-state index in [1.165, 1.54) is 5.56 Å². The summed E-state index contributed by atoms with van der Waals surface area (Å²) in [5, 5.41) is 0. The summed E-state index contributed by atoms with van der Waals surface area (Å²) in [7, 11) is 0. The molecule has 1 unspecified atom stereocenters. The van der Waals surface area contributed by atoms with E-state index >= 15 is 0 Å².